The molecule has 25 heavy (non-hydrogen) atoms. The summed E-state index contributed by atoms with van der Waals surface area (Å²) < 4.78 is 47.5. The molecule has 6 heteroatoms. The third kappa shape index (κ3) is 4.98. The highest BCUT2D eigenvalue weighted by atomic mass is 19.4. The number of rotatable bonds is 6. The van der Waals surface area contributed by atoms with Crippen molar-refractivity contribution in [1.82, 2.24) is 0 Å². The third-order valence-corrected chi connectivity index (χ3v) is 3.73. The molecule has 2 aromatic carbocycles. The average molecular weight is 352 g/mol. The first kappa shape index (κ1) is 18.8. The van der Waals surface area contributed by atoms with Crippen molar-refractivity contribution < 1.29 is 27.4 Å². The normalized spacial score (nSPS) is 11.4. The number of hydrogen-bond acceptors (Lipinski definition) is 3. The van der Waals surface area contributed by atoms with Crippen LogP contribution < -0.4 is 4.74 Å². The molecule has 0 radical (unpaired) electrons. The fourth-order valence-corrected chi connectivity index (χ4v) is 2.47. The SMILES string of the molecule is CCC(CC)OC(=O)c1ccccc1-c1ccccc1OC(F)(F)F. The molecule has 3 nitrogen and oxygen atoms in total. The van der Waals surface area contributed by atoms with Crippen molar-refractivity contribution >= 4 is 5.97 Å². The van der Waals surface area contributed by atoms with Gasteiger partial charge < -0.3 is 9.47 Å². The van der Waals surface area contributed by atoms with Gasteiger partial charge in [-0.2, -0.15) is 0 Å². The van der Waals surface area contributed by atoms with Gasteiger partial charge in [-0.3, -0.25) is 0 Å². The summed E-state index contributed by atoms with van der Waals surface area (Å²) in [5.74, 6) is -0.927. The van der Waals surface area contributed by atoms with E-state index in [1.54, 1.807) is 24.3 Å². The Labute approximate surface area is 144 Å². The lowest BCUT2D eigenvalue weighted by atomic mass is 9.99. The van der Waals surface area contributed by atoms with Crippen molar-refractivity contribution in [3.8, 4) is 16.9 Å². The van der Waals surface area contributed by atoms with E-state index in [2.05, 4.69) is 4.74 Å². The number of ether oxygens (including phenoxy) is 2. The zero-order valence-electron chi connectivity index (χ0n) is 14.0. The van der Waals surface area contributed by atoms with Crippen LogP contribution in [-0.4, -0.2) is 18.4 Å². The van der Waals surface area contributed by atoms with E-state index in [1.165, 1.54) is 24.3 Å². The Hall–Kier alpha value is -2.50. The van der Waals surface area contributed by atoms with Gasteiger partial charge in [-0.1, -0.05) is 50.2 Å². The molecule has 0 spiro atoms. The molecule has 0 fully saturated rings. The summed E-state index contributed by atoms with van der Waals surface area (Å²) in [6, 6.07) is 12.1. The Morgan fingerprint density at radius 1 is 0.960 bits per heavy atom. The standard InChI is InChI=1S/C19H19F3O3/c1-3-13(4-2)24-18(23)16-11-6-5-9-14(16)15-10-7-8-12-17(15)25-19(20,21)22/h5-13H,3-4H2,1-2H3. The maximum absolute atomic E-state index is 12.6. The number of carbonyl (C=O) groups is 1. The molecule has 2 aromatic rings. The molecule has 134 valence electrons. The summed E-state index contributed by atoms with van der Waals surface area (Å²) in [6.45, 7) is 3.81. The van der Waals surface area contributed by atoms with Crippen molar-refractivity contribution in [3.05, 3.63) is 54.1 Å². The highest BCUT2D eigenvalue weighted by Gasteiger charge is 2.32. The van der Waals surface area contributed by atoms with Crippen molar-refractivity contribution in [1.29, 1.82) is 0 Å². The number of benzene rings is 2. The molecule has 0 aromatic heterocycles. The first-order valence-corrected chi connectivity index (χ1v) is 8.00. The molecule has 0 N–H and O–H groups in total. The molecule has 0 amide bonds. The lowest BCUT2D eigenvalue weighted by Crippen LogP contribution is -2.18. The van der Waals surface area contributed by atoms with E-state index in [0.717, 1.165) is 0 Å². The highest BCUT2D eigenvalue weighted by Crippen LogP contribution is 2.35. The van der Waals surface area contributed by atoms with Gasteiger partial charge in [-0.25, -0.2) is 4.79 Å². The van der Waals surface area contributed by atoms with Crippen LogP contribution in [0.3, 0.4) is 0 Å². The van der Waals surface area contributed by atoms with Gasteiger partial charge in [-0.05, 0) is 30.5 Å². The molecular weight excluding hydrogens is 333 g/mol. The van der Waals surface area contributed by atoms with E-state index >= 15 is 0 Å². The van der Waals surface area contributed by atoms with Crippen LogP contribution in [-0.2, 0) is 4.74 Å². The largest absolute Gasteiger partial charge is 0.573 e. The van der Waals surface area contributed by atoms with Gasteiger partial charge in [0.05, 0.1) is 5.56 Å². The first-order chi connectivity index (χ1) is 11.9. The molecule has 0 saturated heterocycles. The molecule has 0 heterocycles. The quantitative estimate of drug-likeness (QED) is 0.635. The van der Waals surface area contributed by atoms with E-state index in [0.29, 0.717) is 18.4 Å². The molecule has 0 bridgehead atoms. The second kappa shape index (κ2) is 8.05. The minimum Gasteiger partial charge on any atom is -0.459 e. The van der Waals surface area contributed by atoms with Crippen molar-refractivity contribution in [2.24, 2.45) is 0 Å². The zero-order valence-corrected chi connectivity index (χ0v) is 14.0. The lowest BCUT2D eigenvalue weighted by Gasteiger charge is -2.17. The second-order valence-corrected chi connectivity index (χ2v) is 5.43. The van der Waals surface area contributed by atoms with E-state index in [9.17, 15) is 18.0 Å². The molecule has 0 aliphatic heterocycles. The van der Waals surface area contributed by atoms with Crippen LogP contribution in [0.2, 0.25) is 0 Å². The molecule has 2 rings (SSSR count). The van der Waals surface area contributed by atoms with Crippen LogP contribution >= 0.6 is 0 Å². The van der Waals surface area contributed by atoms with Crippen LogP contribution in [0.4, 0.5) is 13.2 Å². The monoisotopic (exact) mass is 352 g/mol. The van der Waals surface area contributed by atoms with E-state index < -0.39 is 12.3 Å². The van der Waals surface area contributed by atoms with E-state index in [1.807, 2.05) is 13.8 Å². The average Bonchev–Trinajstić information content (AvgIpc) is 2.58. The molecular formula is C19H19F3O3. The Balaban J connectivity index is 2.43. The number of hydrogen-bond donors (Lipinski definition) is 0. The van der Waals surface area contributed by atoms with E-state index in [-0.39, 0.29) is 23.0 Å². The summed E-state index contributed by atoms with van der Waals surface area (Å²) >= 11 is 0. The first-order valence-electron chi connectivity index (χ1n) is 8.00. The van der Waals surface area contributed by atoms with Gasteiger partial charge in [0.1, 0.15) is 11.9 Å². The highest BCUT2D eigenvalue weighted by molar-refractivity contribution is 5.98. The zero-order chi connectivity index (χ0) is 18.4. The van der Waals surface area contributed by atoms with Crippen molar-refractivity contribution in [2.75, 3.05) is 0 Å². The topological polar surface area (TPSA) is 35.5 Å². The van der Waals surface area contributed by atoms with Gasteiger partial charge >= 0.3 is 12.3 Å². The minimum absolute atomic E-state index is 0.178. The van der Waals surface area contributed by atoms with Gasteiger partial charge in [0.2, 0.25) is 0 Å². The second-order valence-electron chi connectivity index (χ2n) is 5.43. The summed E-state index contributed by atoms with van der Waals surface area (Å²) in [6.07, 6.45) is -3.72. The fourth-order valence-electron chi connectivity index (χ4n) is 2.47. The smallest absolute Gasteiger partial charge is 0.459 e. The van der Waals surface area contributed by atoms with Crippen molar-refractivity contribution in [2.45, 2.75) is 39.2 Å². The van der Waals surface area contributed by atoms with Crippen LogP contribution in [0.15, 0.2) is 48.5 Å². The third-order valence-electron chi connectivity index (χ3n) is 3.73. The van der Waals surface area contributed by atoms with Crippen LogP contribution in [0.1, 0.15) is 37.0 Å². The molecule has 0 atom stereocenters. The number of carbonyl (C=O) groups excluding carboxylic acids is 1. The lowest BCUT2D eigenvalue weighted by molar-refractivity contribution is -0.274. The maximum atomic E-state index is 12.6. The summed E-state index contributed by atoms with van der Waals surface area (Å²) in [5, 5.41) is 0. The van der Waals surface area contributed by atoms with Gasteiger partial charge in [0.15, 0.2) is 0 Å². The molecule has 0 unspecified atom stereocenters. The number of esters is 1. The number of alkyl halides is 3. The summed E-state index contributed by atoms with van der Waals surface area (Å²) in [4.78, 5) is 12.5. The molecule has 0 aliphatic carbocycles. The van der Waals surface area contributed by atoms with Gasteiger partial charge in [0, 0.05) is 5.56 Å². The van der Waals surface area contributed by atoms with Crippen LogP contribution in [0.25, 0.3) is 11.1 Å². The number of halogens is 3. The summed E-state index contributed by atoms with van der Waals surface area (Å²) in [7, 11) is 0. The summed E-state index contributed by atoms with van der Waals surface area (Å²) in [5.41, 5.74) is 0.711. The van der Waals surface area contributed by atoms with Crippen molar-refractivity contribution in [3.63, 3.8) is 0 Å². The predicted octanol–water partition coefficient (Wildman–Crippen LogP) is 5.60. The molecule has 0 aliphatic rings. The van der Waals surface area contributed by atoms with Crippen LogP contribution in [0.5, 0.6) is 5.75 Å². The Morgan fingerprint density at radius 2 is 1.52 bits per heavy atom. The Bertz CT molecular complexity index is 722. The number of para-hydroxylation sites is 1. The van der Waals surface area contributed by atoms with E-state index in [4.69, 9.17) is 4.74 Å². The minimum atomic E-state index is -4.82. The maximum Gasteiger partial charge on any atom is 0.573 e. The Kier molecular flexibility index (Phi) is 6.07. The van der Waals surface area contributed by atoms with Gasteiger partial charge in [0.25, 0.3) is 0 Å². The molecule has 0 saturated carbocycles. The predicted molar refractivity (Wildman–Crippen MR) is 88.3 cm³/mol. The van der Waals surface area contributed by atoms with Crippen LogP contribution in [0, 0.1) is 0 Å². The fraction of sp³-hybridized carbons (Fsp3) is 0.316. The Morgan fingerprint density at radius 3 is 2.12 bits per heavy atom. The van der Waals surface area contributed by atoms with Gasteiger partial charge in [-0.15, -0.1) is 13.2 Å².